The minimum absolute atomic E-state index is 0. The molecule has 0 bridgehead atoms. The molecule has 0 spiro atoms. The second-order valence-electron chi connectivity index (χ2n) is 6.96. The van der Waals surface area contributed by atoms with Gasteiger partial charge in [-0.25, -0.2) is 0 Å². The number of carbonyl (C=O) groups excluding carboxylic acids is 1. The van der Waals surface area contributed by atoms with Gasteiger partial charge in [-0.2, -0.15) is 13.2 Å². The minimum Gasteiger partial charge on any atom is -0.342 e. The molecule has 0 aromatic heterocycles. The van der Waals surface area contributed by atoms with Crippen LogP contribution >= 0.6 is 12.4 Å². The van der Waals surface area contributed by atoms with E-state index in [-0.39, 0.29) is 24.2 Å². The number of likely N-dealkylation sites (tertiary alicyclic amines) is 1. The molecule has 1 saturated heterocycles. The molecule has 1 heterocycles. The Bertz CT molecular complexity index is 572. The van der Waals surface area contributed by atoms with E-state index in [4.69, 9.17) is 0 Å². The van der Waals surface area contributed by atoms with Crippen molar-refractivity contribution in [2.75, 3.05) is 26.7 Å². The van der Waals surface area contributed by atoms with Crippen molar-refractivity contribution >= 4 is 18.3 Å². The fourth-order valence-corrected chi connectivity index (χ4v) is 3.42. The monoisotopic (exact) mass is 392 g/mol. The predicted molar refractivity (Wildman–Crippen MR) is 99.4 cm³/mol. The molecular weight excluding hydrogens is 365 g/mol. The summed E-state index contributed by atoms with van der Waals surface area (Å²) < 4.78 is 38.4. The Hall–Kier alpha value is -1.27. The molecule has 7 heteroatoms. The molecule has 26 heavy (non-hydrogen) atoms. The molecule has 1 N–H and O–H groups in total. The van der Waals surface area contributed by atoms with E-state index in [9.17, 15) is 18.0 Å². The van der Waals surface area contributed by atoms with Gasteiger partial charge in [-0.3, -0.25) is 4.79 Å². The van der Waals surface area contributed by atoms with E-state index in [0.29, 0.717) is 17.9 Å². The molecule has 0 radical (unpaired) electrons. The van der Waals surface area contributed by atoms with Crippen molar-refractivity contribution in [3.8, 4) is 0 Å². The number of piperidine rings is 1. The molecule has 148 valence electrons. The zero-order chi connectivity index (χ0) is 18.4. The van der Waals surface area contributed by atoms with Gasteiger partial charge in [0.2, 0.25) is 5.91 Å². The number of alkyl halides is 3. The lowest BCUT2D eigenvalue weighted by Crippen LogP contribution is -2.42. The molecule has 2 rings (SSSR count). The van der Waals surface area contributed by atoms with Gasteiger partial charge in [0.05, 0.1) is 5.56 Å². The number of hydrogen-bond donors (Lipinski definition) is 1. The molecule has 1 amide bonds. The molecule has 1 fully saturated rings. The maximum Gasteiger partial charge on any atom is 0.416 e. The number of carbonyl (C=O) groups is 1. The van der Waals surface area contributed by atoms with Crippen molar-refractivity contribution in [1.29, 1.82) is 0 Å². The summed E-state index contributed by atoms with van der Waals surface area (Å²) in [4.78, 5) is 14.5. The lowest BCUT2D eigenvalue weighted by Gasteiger charge is -2.33. The van der Waals surface area contributed by atoms with Crippen LogP contribution in [0.1, 0.15) is 37.3 Å². The average Bonchev–Trinajstić information content (AvgIpc) is 2.59. The van der Waals surface area contributed by atoms with E-state index in [1.165, 1.54) is 6.07 Å². The summed E-state index contributed by atoms with van der Waals surface area (Å²) in [5, 5.41) is 3.15. The topological polar surface area (TPSA) is 32.3 Å². The summed E-state index contributed by atoms with van der Waals surface area (Å²) >= 11 is 0. The van der Waals surface area contributed by atoms with Gasteiger partial charge in [0.25, 0.3) is 0 Å². The fourth-order valence-electron chi connectivity index (χ4n) is 3.42. The summed E-state index contributed by atoms with van der Waals surface area (Å²) in [6.45, 7) is 4.29. The molecule has 1 atom stereocenters. The minimum atomic E-state index is -4.35. The summed E-state index contributed by atoms with van der Waals surface area (Å²) in [6, 6.07) is 5.27. The maximum absolute atomic E-state index is 12.8. The molecule has 0 saturated carbocycles. The standard InChI is InChI=1S/C19H27F3N2O.ClH/c1-14(12-16-4-3-5-17(13-16)19(20,21)22)18(25)24-10-7-15(8-11-24)6-9-23-2;/h3-5,13-15,23H,6-12H2,1-2H3;1H. The highest BCUT2D eigenvalue weighted by atomic mass is 35.5. The van der Waals surface area contributed by atoms with Gasteiger partial charge in [0, 0.05) is 19.0 Å². The Kier molecular flexibility index (Phi) is 8.90. The summed E-state index contributed by atoms with van der Waals surface area (Å²) in [5.41, 5.74) is -0.102. The summed E-state index contributed by atoms with van der Waals surface area (Å²) in [5.74, 6) is 0.386. The van der Waals surface area contributed by atoms with Gasteiger partial charge in [0.1, 0.15) is 0 Å². The van der Waals surface area contributed by atoms with E-state index in [1.807, 2.05) is 11.9 Å². The van der Waals surface area contributed by atoms with Crippen LogP contribution in [0.4, 0.5) is 13.2 Å². The zero-order valence-corrected chi connectivity index (χ0v) is 16.1. The zero-order valence-electron chi connectivity index (χ0n) is 15.3. The van der Waals surface area contributed by atoms with Gasteiger partial charge < -0.3 is 10.2 Å². The molecular formula is C19H28ClF3N2O. The van der Waals surface area contributed by atoms with E-state index in [0.717, 1.165) is 51.0 Å². The first-order chi connectivity index (χ1) is 11.8. The summed E-state index contributed by atoms with van der Waals surface area (Å²) in [7, 11) is 1.94. The first kappa shape index (κ1) is 22.8. The normalized spacial score (nSPS) is 16.9. The van der Waals surface area contributed by atoms with Crippen molar-refractivity contribution in [3.63, 3.8) is 0 Å². The average molecular weight is 393 g/mol. The van der Waals surface area contributed by atoms with Crippen LogP contribution in [-0.2, 0) is 17.4 Å². The van der Waals surface area contributed by atoms with E-state index < -0.39 is 11.7 Å². The van der Waals surface area contributed by atoms with Crippen LogP contribution in [0.5, 0.6) is 0 Å². The van der Waals surface area contributed by atoms with Crippen LogP contribution in [0.3, 0.4) is 0 Å². The predicted octanol–water partition coefficient (Wildman–Crippen LogP) is 4.15. The SMILES string of the molecule is CNCCC1CCN(C(=O)C(C)Cc2cccc(C(F)(F)F)c2)CC1.Cl. The second kappa shape index (κ2) is 10.2. The first-order valence-corrected chi connectivity index (χ1v) is 8.90. The Balaban J connectivity index is 0.00000338. The van der Waals surface area contributed by atoms with Crippen LogP contribution < -0.4 is 5.32 Å². The molecule has 1 aromatic carbocycles. The molecule has 3 nitrogen and oxygen atoms in total. The van der Waals surface area contributed by atoms with Crippen LogP contribution in [0.15, 0.2) is 24.3 Å². The smallest absolute Gasteiger partial charge is 0.342 e. The fraction of sp³-hybridized carbons (Fsp3) is 0.632. The lowest BCUT2D eigenvalue weighted by atomic mass is 9.92. The molecule has 1 aliphatic heterocycles. The Labute approximate surface area is 159 Å². The number of rotatable bonds is 6. The second-order valence-corrected chi connectivity index (χ2v) is 6.96. The third-order valence-electron chi connectivity index (χ3n) is 4.95. The van der Waals surface area contributed by atoms with Crippen molar-refractivity contribution in [3.05, 3.63) is 35.4 Å². The van der Waals surface area contributed by atoms with E-state index in [2.05, 4.69) is 5.32 Å². The van der Waals surface area contributed by atoms with Gasteiger partial charge in [-0.1, -0.05) is 25.1 Å². The van der Waals surface area contributed by atoms with Crippen LogP contribution in [0, 0.1) is 11.8 Å². The van der Waals surface area contributed by atoms with E-state index >= 15 is 0 Å². The molecule has 0 aliphatic carbocycles. The highest BCUT2D eigenvalue weighted by Crippen LogP contribution is 2.30. The first-order valence-electron chi connectivity index (χ1n) is 8.90. The number of amides is 1. The van der Waals surface area contributed by atoms with Gasteiger partial charge >= 0.3 is 6.18 Å². The maximum atomic E-state index is 12.8. The number of halogens is 4. The molecule has 1 aliphatic rings. The quantitative estimate of drug-likeness (QED) is 0.788. The molecule has 1 aromatic rings. The van der Waals surface area contributed by atoms with Crippen molar-refractivity contribution in [1.82, 2.24) is 10.2 Å². The van der Waals surface area contributed by atoms with E-state index in [1.54, 1.807) is 13.0 Å². The molecule has 1 unspecified atom stereocenters. The Morgan fingerprint density at radius 2 is 1.96 bits per heavy atom. The highest BCUT2D eigenvalue weighted by molar-refractivity contribution is 5.85. The van der Waals surface area contributed by atoms with Gasteiger partial charge in [-0.15, -0.1) is 12.4 Å². The largest absolute Gasteiger partial charge is 0.416 e. The number of benzene rings is 1. The van der Waals surface area contributed by atoms with Crippen molar-refractivity contribution < 1.29 is 18.0 Å². The highest BCUT2D eigenvalue weighted by Gasteiger charge is 2.31. The van der Waals surface area contributed by atoms with Crippen LogP contribution in [0.2, 0.25) is 0 Å². The third-order valence-corrected chi connectivity index (χ3v) is 4.95. The van der Waals surface area contributed by atoms with Crippen LogP contribution in [-0.4, -0.2) is 37.5 Å². The van der Waals surface area contributed by atoms with Gasteiger partial charge in [-0.05, 0) is 56.8 Å². The van der Waals surface area contributed by atoms with Crippen molar-refractivity contribution in [2.45, 2.75) is 38.8 Å². The van der Waals surface area contributed by atoms with Crippen molar-refractivity contribution in [2.24, 2.45) is 11.8 Å². The van der Waals surface area contributed by atoms with Crippen LogP contribution in [0.25, 0.3) is 0 Å². The Morgan fingerprint density at radius 1 is 1.31 bits per heavy atom. The number of nitrogens with one attached hydrogen (secondary N) is 1. The Morgan fingerprint density at radius 3 is 2.54 bits per heavy atom. The lowest BCUT2D eigenvalue weighted by molar-refractivity contribution is -0.137. The third kappa shape index (κ3) is 6.47. The van der Waals surface area contributed by atoms with Gasteiger partial charge in [0.15, 0.2) is 0 Å². The number of hydrogen-bond acceptors (Lipinski definition) is 2. The number of nitrogens with zero attached hydrogens (tertiary/aromatic N) is 1. The summed E-state index contributed by atoms with van der Waals surface area (Å²) in [6.07, 6.45) is -0.882.